The van der Waals surface area contributed by atoms with E-state index in [2.05, 4.69) is 42.5 Å². The maximum absolute atomic E-state index is 12.2. The van der Waals surface area contributed by atoms with Gasteiger partial charge in [-0.2, -0.15) is 0 Å². The van der Waals surface area contributed by atoms with Crippen molar-refractivity contribution in [3.05, 3.63) is 26.6 Å². The number of benzene rings is 1. The predicted molar refractivity (Wildman–Crippen MR) is 101 cm³/mol. The van der Waals surface area contributed by atoms with Crippen LogP contribution in [-0.2, 0) is 9.59 Å². The minimum atomic E-state index is -0.158. The zero-order chi connectivity index (χ0) is 17.6. The molecular weight excluding hydrogens is 426 g/mol. The molecule has 0 atom stereocenters. The third-order valence-corrected chi connectivity index (χ3v) is 4.33. The lowest BCUT2D eigenvalue weighted by atomic mass is 10.2. The monoisotopic (exact) mass is 447 g/mol. The number of aryl methyl sites for hydroxylation is 1. The Hall–Kier alpha value is -0.920. The van der Waals surface area contributed by atoms with Crippen LogP contribution >= 0.6 is 31.9 Å². The molecule has 1 aromatic rings. The quantitative estimate of drug-likeness (QED) is 0.672. The fourth-order valence-corrected chi connectivity index (χ4v) is 3.67. The van der Waals surface area contributed by atoms with Crippen molar-refractivity contribution >= 4 is 49.4 Å². The number of anilines is 1. The Morgan fingerprint density at radius 2 is 1.65 bits per heavy atom. The highest BCUT2D eigenvalue weighted by atomic mass is 79.9. The first-order valence-electron chi connectivity index (χ1n) is 7.50. The summed E-state index contributed by atoms with van der Waals surface area (Å²) in [5.41, 5.74) is 1.78. The molecule has 0 radical (unpaired) electrons. The van der Waals surface area contributed by atoms with E-state index < -0.39 is 0 Å². The van der Waals surface area contributed by atoms with E-state index in [9.17, 15) is 9.59 Å². The van der Waals surface area contributed by atoms with Crippen LogP contribution in [0.15, 0.2) is 21.1 Å². The number of amides is 2. The van der Waals surface area contributed by atoms with Gasteiger partial charge in [-0.3, -0.25) is 14.5 Å². The van der Waals surface area contributed by atoms with Gasteiger partial charge in [0, 0.05) is 15.0 Å². The van der Waals surface area contributed by atoms with Crippen LogP contribution in [-0.4, -0.2) is 42.4 Å². The van der Waals surface area contributed by atoms with Crippen molar-refractivity contribution in [3.63, 3.8) is 0 Å². The van der Waals surface area contributed by atoms with Gasteiger partial charge >= 0.3 is 0 Å². The third-order valence-electron chi connectivity index (χ3n) is 3.08. The smallest absolute Gasteiger partial charge is 0.238 e. The van der Waals surface area contributed by atoms with Crippen LogP contribution in [0.3, 0.4) is 0 Å². The molecule has 7 heteroatoms. The molecule has 0 saturated carbocycles. The first-order chi connectivity index (χ1) is 10.7. The normalized spacial score (nSPS) is 11.0. The molecule has 1 aromatic carbocycles. The zero-order valence-electron chi connectivity index (χ0n) is 13.9. The lowest BCUT2D eigenvalue weighted by Gasteiger charge is -2.20. The van der Waals surface area contributed by atoms with Gasteiger partial charge in [0.05, 0.1) is 18.8 Å². The Balaban J connectivity index is 2.66. The van der Waals surface area contributed by atoms with Crippen LogP contribution in [0.2, 0.25) is 0 Å². The van der Waals surface area contributed by atoms with Gasteiger partial charge < -0.3 is 10.6 Å². The molecule has 0 unspecified atom stereocenters. The summed E-state index contributed by atoms with van der Waals surface area (Å²) in [5.74, 6) is -0.234. The van der Waals surface area contributed by atoms with Gasteiger partial charge in [-0.05, 0) is 76.9 Å². The molecule has 128 valence electrons. The number of carbonyl (C=O) groups is 2. The zero-order valence-corrected chi connectivity index (χ0v) is 17.0. The second-order valence-corrected chi connectivity index (χ2v) is 7.39. The molecule has 0 bridgehead atoms. The van der Waals surface area contributed by atoms with E-state index in [1.165, 1.54) is 0 Å². The standard InChI is InChI=1S/C16H23Br2N3O2/c1-5-21(8-14(22)19-10(2)3)9-15(23)20-16-12(17)6-11(4)7-13(16)18/h6-7,10H,5,8-9H2,1-4H3,(H,19,22)(H,20,23). The number of carbonyl (C=O) groups excluding carboxylic acids is 2. The average molecular weight is 449 g/mol. The van der Waals surface area contributed by atoms with Crippen LogP contribution in [0, 0.1) is 6.92 Å². The lowest BCUT2D eigenvalue weighted by molar-refractivity contribution is -0.123. The molecule has 2 N–H and O–H groups in total. The summed E-state index contributed by atoms with van der Waals surface area (Å²) in [6.45, 7) is 8.71. The van der Waals surface area contributed by atoms with Crippen molar-refractivity contribution in [3.8, 4) is 0 Å². The van der Waals surface area contributed by atoms with Crippen molar-refractivity contribution < 1.29 is 9.59 Å². The van der Waals surface area contributed by atoms with Crippen LogP contribution in [0.25, 0.3) is 0 Å². The molecule has 0 fully saturated rings. The Morgan fingerprint density at radius 1 is 1.13 bits per heavy atom. The SMILES string of the molecule is CCN(CC(=O)Nc1c(Br)cc(C)cc1Br)CC(=O)NC(C)C. The van der Waals surface area contributed by atoms with Crippen LogP contribution in [0.5, 0.6) is 0 Å². The van der Waals surface area contributed by atoms with E-state index in [1.54, 1.807) is 4.90 Å². The molecule has 0 aliphatic heterocycles. The van der Waals surface area contributed by atoms with Crippen molar-refractivity contribution in [2.24, 2.45) is 0 Å². The minimum Gasteiger partial charge on any atom is -0.353 e. The Bertz CT molecular complexity index is 553. The Labute approximate surface area is 154 Å². The van der Waals surface area contributed by atoms with Gasteiger partial charge in [0.15, 0.2) is 0 Å². The minimum absolute atomic E-state index is 0.0765. The highest BCUT2D eigenvalue weighted by Gasteiger charge is 2.15. The molecule has 0 saturated heterocycles. The molecule has 2 amide bonds. The Kier molecular flexibility index (Phi) is 8.22. The van der Waals surface area contributed by atoms with Gasteiger partial charge in [0.2, 0.25) is 11.8 Å². The van der Waals surface area contributed by atoms with E-state index >= 15 is 0 Å². The van der Waals surface area contributed by atoms with E-state index in [0.29, 0.717) is 12.2 Å². The summed E-state index contributed by atoms with van der Waals surface area (Å²) in [6, 6.07) is 3.97. The highest BCUT2D eigenvalue weighted by molar-refractivity contribution is 9.11. The van der Waals surface area contributed by atoms with Gasteiger partial charge in [-0.1, -0.05) is 6.92 Å². The van der Waals surface area contributed by atoms with Gasteiger partial charge in [0.1, 0.15) is 0 Å². The first-order valence-corrected chi connectivity index (χ1v) is 9.08. The highest BCUT2D eigenvalue weighted by Crippen LogP contribution is 2.32. The van der Waals surface area contributed by atoms with Crippen LogP contribution < -0.4 is 10.6 Å². The van der Waals surface area contributed by atoms with Gasteiger partial charge in [-0.25, -0.2) is 0 Å². The number of nitrogens with zero attached hydrogens (tertiary/aromatic N) is 1. The molecule has 0 heterocycles. The average Bonchev–Trinajstić information content (AvgIpc) is 2.41. The summed E-state index contributed by atoms with van der Waals surface area (Å²) in [7, 11) is 0. The molecule has 0 aliphatic carbocycles. The number of nitrogens with one attached hydrogen (secondary N) is 2. The summed E-state index contributed by atoms with van der Waals surface area (Å²) in [6.07, 6.45) is 0. The van der Waals surface area contributed by atoms with Gasteiger partial charge in [0.25, 0.3) is 0 Å². The second-order valence-electron chi connectivity index (χ2n) is 5.68. The van der Waals surface area contributed by atoms with Crippen LogP contribution in [0.1, 0.15) is 26.3 Å². The van der Waals surface area contributed by atoms with Crippen molar-refractivity contribution in [1.82, 2.24) is 10.2 Å². The molecule has 0 aromatic heterocycles. The molecule has 0 aliphatic rings. The van der Waals surface area contributed by atoms with Crippen molar-refractivity contribution in [2.75, 3.05) is 25.0 Å². The largest absolute Gasteiger partial charge is 0.353 e. The first kappa shape index (κ1) is 20.1. The Morgan fingerprint density at radius 3 is 2.13 bits per heavy atom. The topological polar surface area (TPSA) is 61.4 Å². The molecule has 1 rings (SSSR count). The molecule has 0 spiro atoms. The van der Waals surface area contributed by atoms with Crippen LogP contribution in [0.4, 0.5) is 5.69 Å². The number of hydrogen-bond donors (Lipinski definition) is 2. The fraction of sp³-hybridized carbons (Fsp3) is 0.500. The molecule has 5 nitrogen and oxygen atoms in total. The van der Waals surface area contributed by atoms with Crippen molar-refractivity contribution in [1.29, 1.82) is 0 Å². The summed E-state index contributed by atoms with van der Waals surface area (Å²) >= 11 is 6.91. The van der Waals surface area contributed by atoms with E-state index in [-0.39, 0.29) is 30.9 Å². The number of rotatable bonds is 7. The third kappa shape index (κ3) is 7.01. The van der Waals surface area contributed by atoms with E-state index in [1.807, 2.05) is 39.8 Å². The number of halogens is 2. The van der Waals surface area contributed by atoms with Crippen molar-refractivity contribution in [2.45, 2.75) is 33.7 Å². The fourth-order valence-electron chi connectivity index (χ4n) is 2.05. The predicted octanol–water partition coefficient (Wildman–Crippen LogP) is 3.31. The summed E-state index contributed by atoms with van der Waals surface area (Å²) in [5, 5.41) is 5.71. The summed E-state index contributed by atoms with van der Waals surface area (Å²) < 4.78 is 1.64. The summed E-state index contributed by atoms with van der Waals surface area (Å²) in [4.78, 5) is 25.9. The van der Waals surface area contributed by atoms with E-state index in [0.717, 1.165) is 14.5 Å². The number of likely N-dealkylation sites (N-methyl/N-ethyl adjacent to an activating group) is 1. The molecular formula is C16H23Br2N3O2. The van der Waals surface area contributed by atoms with Gasteiger partial charge in [-0.15, -0.1) is 0 Å². The second kappa shape index (κ2) is 9.39. The number of hydrogen-bond acceptors (Lipinski definition) is 3. The van der Waals surface area contributed by atoms with E-state index in [4.69, 9.17) is 0 Å². The molecule has 23 heavy (non-hydrogen) atoms. The maximum atomic E-state index is 12.2. The maximum Gasteiger partial charge on any atom is 0.238 e. The lowest BCUT2D eigenvalue weighted by Crippen LogP contribution is -2.42.